The first kappa shape index (κ1) is 23.4. The minimum atomic E-state index is -0.529. The van der Waals surface area contributed by atoms with E-state index in [1.807, 2.05) is 20.8 Å². The van der Waals surface area contributed by atoms with Gasteiger partial charge in [-0.2, -0.15) is 9.97 Å². The molecule has 3 fully saturated rings. The van der Waals surface area contributed by atoms with E-state index in [0.717, 1.165) is 51.9 Å². The van der Waals surface area contributed by atoms with Crippen LogP contribution in [0.25, 0.3) is 0 Å². The van der Waals surface area contributed by atoms with E-state index in [2.05, 4.69) is 14.7 Å². The summed E-state index contributed by atoms with van der Waals surface area (Å²) in [5.41, 5.74) is -0.529. The maximum absolute atomic E-state index is 12.5. The fourth-order valence-electron chi connectivity index (χ4n) is 4.49. The quantitative estimate of drug-likeness (QED) is 0.629. The van der Waals surface area contributed by atoms with Crippen LogP contribution in [0.4, 0.5) is 22.4 Å². The van der Waals surface area contributed by atoms with Crippen LogP contribution in [0, 0.1) is 0 Å². The largest absolute Gasteiger partial charge is 0.444 e. The Balaban J connectivity index is 1.63. The third-order valence-electron chi connectivity index (χ3n) is 6.09. The number of rotatable bonds is 4. The molecule has 4 heterocycles. The topological polar surface area (TPSA) is 91.3 Å². The number of aromatic nitrogens is 2. The van der Waals surface area contributed by atoms with Crippen molar-refractivity contribution in [2.45, 2.75) is 59.0 Å². The molecule has 182 valence electrons. The van der Waals surface area contributed by atoms with Crippen LogP contribution >= 0.6 is 0 Å². The van der Waals surface area contributed by atoms with E-state index in [4.69, 9.17) is 19.4 Å². The van der Waals surface area contributed by atoms with E-state index in [0.29, 0.717) is 49.5 Å². The molecular weight excluding hydrogens is 424 g/mol. The molecule has 0 aliphatic carbocycles. The molecule has 0 atom stereocenters. The van der Waals surface area contributed by atoms with Gasteiger partial charge in [0.15, 0.2) is 11.6 Å². The Labute approximate surface area is 195 Å². The van der Waals surface area contributed by atoms with Gasteiger partial charge in [0.2, 0.25) is 11.7 Å². The highest BCUT2D eigenvalue weighted by Gasteiger charge is 2.32. The van der Waals surface area contributed by atoms with Crippen LogP contribution < -0.4 is 19.4 Å². The van der Waals surface area contributed by atoms with Crippen molar-refractivity contribution in [3.8, 4) is 5.75 Å². The maximum atomic E-state index is 12.5. The monoisotopic (exact) mass is 460 g/mol. The Morgan fingerprint density at radius 1 is 0.758 bits per heavy atom. The zero-order chi connectivity index (χ0) is 23.6. The Bertz CT molecular complexity index is 866. The normalized spacial score (nSPS) is 19.3. The Morgan fingerprint density at radius 3 is 1.73 bits per heavy atom. The first-order valence-electron chi connectivity index (χ1n) is 12.0. The number of esters is 1. The number of piperazine rings is 1. The lowest BCUT2D eigenvalue weighted by molar-refractivity contribution is -0.131. The second kappa shape index (κ2) is 9.61. The molecule has 1 aromatic rings. The number of carbonyl (C=O) groups excluding carboxylic acids is 2. The van der Waals surface area contributed by atoms with Gasteiger partial charge in [-0.25, -0.2) is 4.79 Å². The van der Waals surface area contributed by atoms with Gasteiger partial charge < -0.3 is 29.1 Å². The van der Waals surface area contributed by atoms with Crippen molar-refractivity contribution >= 4 is 29.6 Å². The van der Waals surface area contributed by atoms with E-state index in [1.54, 1.807) is 4.90 Å². The second-order valence-electron chi connectivity index (χ2n) is 9.94. The average Bonchev–Trinajstić information content (AvgIpc) is 3.47. The van der Waals surface area contributed by atoms with Crippen LogP contribution in [-0.2, 0) is 9.53 Å². The van der Waals surface area contributed by atoms with Gasteiger partial charge in [0.25, 0.3) is 0 Å². The van der Waals surface area contributed by atoms with Crippen molar-refractivity contribution in [3.63, 3.8) is 0 Å². The molecule has 0 radical (unpaired) electrons. The molecule has 4 rings (SSSR count). The van der Waals surface area contributed by atoms with Gasteiger partial charge in [-0.1, -0.05) is 0 Å². The van der Waals surface area contributed by atoms with Crippen molar-refractivity contribution in [1.29, 1.82) is 0 Å². The number of anilines is 3. The van der Waals surface area contributed by atoms with Crippen LogP contribution in [0.5, 0.6) is 5.75 Å². The third-order valence-corrected chi connectivity index (χ3v) is 6.09. The van der Waals surface area contributed by atoms with E-state index in [-0.39, 0.29) is 12.1 Å². The minimum Gasteiger partial charge on any atom is -0.444 e. The third kappa shape index (κ3) is 5.59. The number of hydrogen-bond donors (Lipinski definition) is 0. The van der Waals surface area contributed by atoms with E-state index >= 15 is 0 Å². The zero-order valence-electron chi connectivity index (χ0n) is 20.3. The lowest BCUT2D eigenvalue weighted by Crippen LogP contribution is -2.50. The smallest absolute Gasteiger partial charge is 0.410 e. The lowest BCUT2D eigenvalue weighted by atomic mass is 10.2. The highest BCUT2D eigenvalue weighted by molar-refractivity contribution is 5.78. The van der Waals surface area contributed by atoms with E-state index < -0.39 is 5.60 Å². The number of carbonyl (C=O) groups is 2. The Hall–Kier alpha value is -2.78. The molecule has 0 N–H and O–H groups in total. The summed E-state index contributed by atoms with van der Waals surface area (Å²) in [6, 6.07) is 0. The van der Waals surface area contributed by atoms with Crippen LogP contribution in [0.15, 0.2) is 0 Å². The first-order valence-corrected chi connectivity index (χ1v) is 12.0. The molecule has 3 aliphatic rings. The average molecular weight is 461 g/mol. The SMILES string of the molecule is CC(=O)Oc1c(N2CCCC2)nc(N2CCCC2)nc1N1CCN(C(=O)OC(C)(C)C)CC1. The lowest BCUT2D eigenvalue weighted by Gasteiger charge is -2.37. The van der Waals surface area contributed by atoms with Gasteiger partial charge in [0, 0.05) is 59.3 Å². The van der Waals surface area contributed by atoms with Crippen molar-refractivity contribution in [1.82, 2.24) is 14.9 Å². The fourth-order valence-corrected chi connectivity index (χ4v) is 4.49. The summed E-state index contributed by atoms with van der Waals surface area (Å²) in [4.78, 5) is 42.5. The Kier molecular flexibility index (Phi) is 6.81. The second-order valence-corrected chi connectivity index (χ2v) is 9.94. The molecule has 33 heavy (non-hydrogen) atoms. The van der Waals surface area contributed by atoms with Crippen LogP contribution in [0.3, 0.4) is 0 Å². The molecule has 10 nitrogen and oxygen atoms in total. The number of nitrogens with zero attached hydrogens (tertiary/aromatic N) is 6. The van der Waals surface area contributed by atoms with Crippen LogP contribution in [0.1, 0.15) is 53.4 Å². The summed E-state index contributed by atoms with van der Waals surface area (Å²) in [6.07, 6.45) is 4.12. The molecule has 1 amide bonds. The molecule has 0 saturated carbocycles. The van der Waals surface area contributed by atoms with Gasteiger partial charge in [0.05, 0.1) is 0 Å². The predicted molar refractivity (Wildman–Crippen MR) is 126 cm³/mol. The standard InChI is InChI=1S/C23H36N6O4/c1-17(30)32-18-19(26-9-5-6-10-26)24-21(28-11-7-8-12-28)25-20(18)27-13-15-29(16-14-27)22(31)33-23(2,3)4/h5-16H2,1-4H3. The first-order chi connectivity index (χ1) is 15.7. The summed E-state index contributed by atoms with van der Waals surface area (Å²) in [5.74, 6) is 2.06. The van der Waals surface area contributed by atoms with Crippen molar-refractivity contribution in [2.75, 3.05) is 67.1 Å². The molecule has 0 bridgehead atoms. The van der Waals surface area contributed by atoms with Gasteiger partial charge in [-0.05, 0) is 46.5 Å². The summed E-state index contributed by atoms with van der Waals surface area (Å²) in [6.45, 7) is 12.8. The number of ether oxygens (including phenoxy) is 2. The maximum Gasteiger partial charge on any atom is 0.410 e. The molecule has 0 spiro atoms. The fraction of sp³-hybridized carbons (Fsp3) is 0.739. The van der Waals surface area contributed by atoms with Crippen molar-refractivity contribution in [2.24, 2.45) is 0 Å². The summed E-state index contributed by atoms with van der Waals surface area (Å²) >= 11 is 0. The molecule has 1 aromatic heterocycles. The van der Waals surface area contributed by atoms with Crippen LogP contribution in [-0.4, -0.2) is 84.9 Å². The minimum absolute atomic E-state index is 0.305. The van der Waals surface area contributed by atoms with Gasteiger partial charge in [-0.15, -0.1) is 0 Å². The molecule has 3 aliphatic heterocycles. The van der Waals surface area contributed by atoms with Crippen molar-refractivity contribution < 1.29 is 19.1 Å². The Morgan fingerprint density at radius 2 is 1.24 bits per heavy atom. The van der Waals surface area contributed by atoms with Gasteiger partial charge in [0.1, 0.15) is 5.60 Å². The number of amides is 1. The van der Waals surface area contributed by atoms with Crippen molar-refractivity contribution in [3.05, 3.63) is 0 Å². The highest BCUT2D eigenvalue weighted by atomic mass is 16.6. The summed E-state index contributed by atoms with van der Waals surface area (Å²) < 4.78 is 11.3. The van der Waals surface area contributed by atoms with E-state index in [9.17, 15) is 9.59 Å². The summed E-state index contributed by atoms with van der Waals surface area (Å²) in [5, 5.41) is 0. The van der Waals surface area contributed by atoms with Gasteiger partial charge in [-0.3, -0.25) is 4.79 Å². The highest BCUT2D eigenvalue weighted by Crippen LogP contribution is 2.39. The summed E-state index contributed by atoms with van der Waals surface area (Å²) in [7, 11) is 0. The molecule has 0 aromatic carbocycles. The molecular formula is C23H36N6O4. The van der Waals surface area contributed by atoms with Crippen LogP contribution in [0.2, 0.25) is 0 Å². The van der Waals surface area contributed by atoms with E-state index in [1.165, 1.54) is 6.92 Å². The number of hydrogen-bond acceptors (Lipinski definition) is 9. The predicted octanol–water partition coefficient (Wildman–Crippen LogP) is 2.66. The molecule has 10 heteroatoms. The zero-order valence-corrected chi connectivity index (χ0v) is 20.3. The molecule has 3 saturated heterocycles. The van der Waals surface area contributed by atoms with Gasteiger partial charge >= 0.3 is 12.1 Å². The molecule has 0 unspecified atom stereocenters.